The Hall–Kier alpha value is -4.86. The number of carbonyl (C=O) groups is 2. The largest absolute Gasteiger partial charge is 0.506 e. The van der Waals surface area contributed by atoms with E-state index in [4.69, 9.17) is 9.47 Å². The number of benzene rings is 3. The zero-order valence-corrected chi connectivity index (χ0v) is 18.3. The van der Waals surface area contributed by atoms with Crippen molar-refractivity contribution in [3.63, 3.8) is 0 Å². The van der Waals surface area contributed by atoms with Crippen molar-refractivity contribution in [2.45, 2.75) is 0 Å². The number of nitro benzene ring substituents is 1. The molecule has 0 saturated carbocycles. The standard InChI is InChI=1S/C24H21N3O7/c1-33-21-13-16(19(27(31)32)14-22(21)34-2)12-18(26-23(29)15-8-4-3-5-9-15)24(30)25-17-10-6-7-11-20(17)28/h3-14,28H,1-2H3,(H,25,30)(H,26,29). The fraction of sp³-hybridized carbons (Fsp3) is 0.0833. The van der Waals surface area contributed by atoms with Gasteiger partial charge in [0.15, 0.2) is 11.5 Å². The van der Waals surface area contributed by atoms with Crippen LogP contribution in [0.3, 0.4) is 0 Å². The second-order valence-corrected chi connectivity index (χ2v) is 6.87. The first-order valence-electron chi connectivity index (χ1n) is 9.92. The predicted molar refractivity (Wildman–Crippen MR) is 125 cm³/mol. The van der Waals surface area contributed by atoms with Gasteiger partial charge in [0.1, 0.15) is 11.4 Å². The third-order valence-corrected chi connectivity index (χ3v) is 4.71. The fourth-order valence-corrected chi connectivity index (χ4v) is 3.02. The molecule has 3 rings (SSSR count). The van der Waals surface area contributed by atoms with Gasteiger partial charge in [0.2, 0.25) is 0 Å². The van der Waals surface area contributed by atoms with Crippen molar-refractivity contribution in [1.29, 1.82) is 0 Å². The van der Waals surface area contributed by atoms with Crippen molar-refractivity contribution in [1.82, 2.24) is 5.32 Å². The third-order valence-electron chi connectivity index (χ3n) is 4.71. The second-order valence-electron chi connectivity index (χ2n) is 6.87. The Morgan fingerprint density at radius 1 is 0.971 bits per heavy atom. The lowest BCUT2D eigenvalue weighted by Gasteiger charge is -2.13. The summed E-state index contributed by atoms with van der Waals surface area (Å²) in [7, 11) is 2.70. The highest BCUT2D eigenvalue weighted by Gasteiger charge is 2.22. The molecule has 0 atom stereocenters. The minimum atomic E-state index is -0.810. The number of para-hydroxylation sites is 2. The topological polar surface area (TPSA) is 140 Å². The number of amides is 2. The van der Waals surface area contributed by atoms with E-state index in [1.807, 2.05) is 0 Å². The number of rotatable bonds is 8. The van der Waals surface area contributed by atoms with Gasteiger partial charge in [0.25, 0.3) is 17.5 Å². The number of methoxy groups -OCH3 is 2. The molecule has 10 heteroatoms. The van der Waals surface area contributed by atoms with Crippen LogP contribution in [0.4, 0.5) is 11.4 Å². The van der Waals surface area contributed by atoms with Crippen LogP contribution in [0.25, 0.3) is 6.08 Å². The number of nitrogens with zero attached hydrogens (tertiary/aromatic N) is 1. The Kier molecular flexibility index (Phi) is 7.45. The molecule has 174 valence electrons. The smallest absolute Gasteiger partial charge is 0.280 e. The van der Waals surface area contributed by atoms with Gasteiger partial charge in [-0.05, 0) is 36.4 Å². The summed E-state index contributed by atoms with van der Waals surface area (Å²) in [4.78, 5) is 36.8. The number of hydrogen-bond donors (Lipinski definition) is 3. The predicted octanol–water partition coefficient (Wildman–Crippen LogP) is 3.73. The molecule has 2 amide bonds. The van der Waals surface area contributed by atoms with Crippen LogP contribution < -0.4 is 20.1 Å². The lowest BCUT2D eigenvalue weighted by Crippen LogP contribution is -2.30. The Balaban J connectivity index is 2.09. The van der Waals surface area contributed by atoms with Gasteiger partial charge >= 0.3 is 0 Å². The molecular formula is C24H21N3O7. The van der Waals surface area contributed by atoms with Crippen molar-refractivity contribution in [3.8, 4) is 17.2 Å². The lowest BCUT2D eigenvalue weighted by molar-refractivity contribution is -0.385. The zero-order chi connectivity index (χ0) is 24.7. The maximum absolute atomic E-state index is 13.1. The summed E-state index contributed by atoms with van der Waals surface area (Å²) in [6, 6.07) is 16.6. The Morgan fingerprint density at radius 2 is 1.59 bits per heavy atom. The molecule has 0 heterocycles. The van der Waals surface area contributed by atoms with Crippen LogP contribution in [-0.4, -0.2) is 36.1 Å². The SMILES string of the molecule is COc1cc(C=C(NC(=O)c2ccccc2)C(=O)Nc2ccccc2O)c([N+](=O)[O-])cc1OC. The summed E-state index contributed by atoms with van der Waals surface area (Å²) in [5.41, 5.74) is -0.329. The molecule has 0 aliphatic rings. The van der Waals surface area contributed by atoms with E-state index in [-0.39, 0.29) is 45.4 Å². The molecule has 3 N–H and O–H groups in total. The normalized spacial score (nSPS) is 10.8. The van der Waals surface area contributed by atoms with Crippen molar-refractivity contribution in [2.24, 2.45) is 0 Å². The van der Waals surface area contributed by atoms with E-state index >= 15 is 0 Å². The molecule has 0 spiro atoms. The van der Waals surface area contributed by atoms with Gasteiger partial charge in [0, 0.05) is 5.56 Å². The molecule has 0 radical (unpaired) electrons. The maximum Gasteiger partial charge on any atom is 0.280 e. The molecule has 0 aromatic heterocycles. The lowest BCUT2D eigenvalue weighted by atomic mass is 10.1. The van der Waals surface area contributed by atoms with Crippen LogP contribution in [0.2, 0.25) is 0 Å². The average Bonchev–Trinajstić information content (AvgIpc) is 2.84. The Bertz CT molecular complexity index is 1260. The Labute approximate surface area is 194 Å². The van der Waals surface area contributed by atoms with E-state index in [0.717, 1.165) is 12.1 Å². The summed E-state index contributed by atoms with van der Waals surface area (Å²) < 4.78 is 10.3. The van der Waals surface area contributed by atoms with E-state index in [1.54, 1.807) is 42.5 Å². The number of ether oxygens (including phenoxy) is 2. The molecule has 0 unspecified atom stereocenters. The number of aromatic hydroxyl groups is 1. The van der Waals surface area contributed by atoms with Gasteiger partial charge in [-0.25, -0.2) is 0 Å². The van der Waals surface area contributed by atoms with E-state index in [2.05, 4.69) is 10.6 Å². The number of phenolic OH excluding ortho intramolecular Hbond substituents is 1. The van der Waals surface area contributed by atoms with Crippen molar-refractivity contribution in [3.05, 3.63) is 93.7 Å². The maximum atomic E-state index is 13.1. The van der Waals surface area contributed by atoms with Crippen LogP contribution >= 0.6 is 0 Å². The third kappa shape index (κ3) is 5.49. The summed E-state index contributed by atoms with van der Waals surface area (Å²) in [6.07, 6.45) is 1.15. The number of anilines is 1. The van der Waals surface area contributed by atoms with Crippen LogP contribution in [0, 0.1) is 10.1 Å². The van der Waals surface area contributed by atoms with E-state index < -0.39 is 16.7 Å². The highest BCUT2D eigenvalue weighted by Crippen LogP contribution is 2.35. The fourth-order valence-electron chi connectivity index (χ4n) is 3.02. The molecule has 0 aliphatic heterocycles. The summed E-state index contributed by atoms with van der Waals surface area (Å²) in [5, 5.41) is 26.6. The number of carbonyl (C=O) groups excluding carboxylic acids is 2. The number of phenols is 1. The summed E-state index contributed by atoms with van der Waals surface area (Å²) in [5.74, 6) is -1.30. The molecule has 3 aromatic carbocycles. The van der Waals surface area contributed by atoms with Crippen molar-refractivity contribution >= 4 is 29.3 Å². The molecule has 0 bridgehead atoms. The van der Waals surface area contributed by atoms with Gasteiger partial charge in [-0.1, -0.05) is 30.3 Å². The average molecular weight is 463 g/mol. The second kappa shape index (κ2) is 10.6. The van der Waals surface area contributed by atoms with Crippen molar-refractivity contribution in [2.75, 3.05) is 19.5 Å². The number of hydrogen-bond acceptors (Lipinski definition) is 7. The van der Waals surface area contributed by atoms with Crippen molar-refractivity contribution < 1.29 is 29.1 Å². The summed E-state index contributed by atoms with van der Waals surface area (Å²) in [6.45, 7) is 0. The Morgan fingerprint density at radius 3 is 2.21 bits per heavy atom. The number of nitrogens with one attached hydrogen (secondary N) is 2. The van der Waals surface area contributed by atoms with Crippen LogP contribution in [0.1, 0.15) is 15.9 Å². The van der Waals surface area contributed by atoms with Gasteiger partial charge in [-0.15, -0.1) is 0 Å². The molecule has 10 nitrogen and oxygen atoms in total. The van der Waals surface area contributed by atoms with E-state index in [1.165, 1.54) is 32.4 Å². The zero-order valence-electron chi connectivity index (χ0n) is 18.3. The minimum Gasteiger partial charge on any atom is -0.506 e. The van der Waals surface area contributed by atoms with Gasteiger partial charge in [-0.3, -0.25) is 19.7 Å². The van der Waals surface area contributed by atoms with E-state index in [9.17, 15) is 24.8 Å². The van der Waals surface area contributed by atoms with Crippen LogP contribution in [0.15, 0.2) is 72.4 Å². The highest BCUT2D eigenvalue weighted by molar-refractivity contribution is 6.11. The number of nitro groups is 1. The van der Waals surface area contributed by atoms with Crippen LogP contribution in [-0.2, 0) is 4.79 Å². The van der Waals surface area contributed by atoms with Crippen LogP contribution in [0.5, 0.6) is 17.2 Å². The minimum absolute atomic E-state index is 0.0153. The molecule has 0 saturated heterocycles. The monoisotopic (exact) mass is 463 g/mol. The molecule has 0 aliphatic carbocycles. The quantitative estimate of drug-likeness (QED) is 0.200. The first-order chi connectivity index (χ1) is 16.3. The molecule has 3 aromatic rings. The van der Waals surface area contributed by atoms with E-state index in [0.29, 0.717) is 0 Å². The molecule has 0 fully saturated rings. The summed E-state index contributed by atoms with van der Waals surface area (Å²) >= 11 is 0. The first-order valence-corrected chi connectivity index (χ1v) is 9.92. The van der Waals surface area contributed by atoms with Gasteiger partial charge in [0.05, 0.1) is 36.5 Å². The highest BCUT2D eigenvalue weighted by atomic mass is 16.6. The van der Waals surface area contributed by atoms with Gasteiger partial charge in [-0.2, -0.15) is 0 Å². The first kappa shape index (κ1) is 23.8. The molecule has 34 heavy (non-hydrogen) atoms. The van der Waals surface area contributed by atoms with Gasteiger partial charge < -0.3 is 25.2 Å². The molecular weight excluding hydrogens is 442 g/mol.